The van der Waals surface area contributed by atoms with Gasteiger partial charge in [0.05, 0.1) is 12.3 Å². The molecular weight excluding hydrogens is 341 g/mol. The second-order valence-corrected chi connectivity index (χ2v) is 7.22. The van der Waals surface area contributed by atoms with Gasteiger partial charge in [-0.1, -0.05) is 24.3 Å². The summed E-state index contributed by atoms with van der Waals surface area (Å²) in [7, 11) is 0. The number of carbonyl (C=O) groups excluding carboxylic acids is 1. The fraction of sp³-hybridized carbons (Fsp3) is 0.105. The fourth-order valence-corrected chi connectivity index (χ4v) is 3.73. The van der Waals surface area contributed by atoms with Gasteiger partial charge in [0.25, 0.3) is 0 Å². The summed E-state index contributed by atoms with van der Waals surface area (Å²) in [6.07, 6.45) is 0. The van der Waals surface area contributed by atoms with E-state index in [-0.39, 0.29) is 11.7 Å². The number of thioether (sulfide) groups is 1. The maximum absolute atomic E-state index is 13.2. The van der Waals surface area contributed by atoms with Crippen molar-refractivity contribution in [2.75, 3.05) is 10.7 Å². The van der Waals surface area contributed by atoms with Crippen LogP contribution in [0.2, 0.25) is 0 Å². The summed E-state index contributed by atoms with van der Waals surface area (Å²) in [5.41, 5.74) is 0.712. The van der Waals surface area contributed by atoms with Gasteiger partial charge in [-0.05, 0) is 47.8 Å². The Balaban J connectivity index is 1.75. The topological polar surface area (TPSA) is 20.3 Å². The van der Waals surface area contributed by atoms with Gasteiger partial charge in [-0.15, -0.1) is 23.1 Å². The second-order valence-electron chi connectivity index (χ2n) is 5.14. The molecule has 5 heteroatoms. The third-order valence-electron chi connectivity index (χ3n) is 3.44. The zero-order valence-corrected chi connectivity index (χ0v) is 14.5. The van der Waals surface area contributed by atoms with E-state index in [0.717, 1.165) is 9.77 Å². The average molecular weight is 357 g/mol. The highest BCUT2D eigenvalue weighted by molar-refractivity contribution is 8.00. The minimum Gasteiger partial charge on any atom is -0.306 e. The number of nitrogens with zero attached hydrogens (tertiary/aromatic N) is 1. The Kier molecular flexibility index (Phi) is 5.67. The molecule has 122 valence electrons. The lowest BCUT2D eigenvalue weighted by Gasteiger charge is -2.22. The van der Waals surface area contributed by atoms with Gasteiger partial charge in [-0.3, -0.25) is 4.79 Å². The van der Waals surface area contributed by atoms with Crippen molar-refractivity contribution in [2.24, 2.45) is 0 Å². The fourth-order valence-electron chi connectivity index (χ4n) is 2.24. The van der Waals surface area contributed by atoms with Gasteiger partial charge < -0.3 is 4.90 Å². The first-order chi connectivity index (χ1) is 11.7. The molecule has 0 atom stereocenters. The summed E-state index contributed by atoms with van der Waals surface area (Å²) < 4.78 is 13.2. The van der Waals surface area contributed by atoms with Crippen LogP contribution in [0.4, 0.5) is 10.1 Å². The highest BCUT2D eigenvalue weighted by Crippen LogP contribution is 2.23. The molecule has 1 aromatic heterocycles. The molecule has 24 heavy (non-hydrogen) atoms. The Hall–Kier alpha value is -2.11. The van der Waals surface area contributed by atoms with Gasteiger partial charge in [0.1, 0.15) is 5.82 Å². The predicted molar refractivity (Wildman–Crippen MR) is 99.1 cm³/mol. The van der Waals surface area contributed by atoms with Crippen LogP contribution in [0.1, 0.15) is 4.88 Å². The van der Waals surface area contributed by atoms with Gasteiger partial charge >= 0.3 is 0 Å². The largest absolute Gasteiger partial charge is 0.306 e. The molecule has 0 aliphatic rings. The third kappa shape index (κ3) is 4.46. The van der Waals surface area contributed by atoms with Crippen molar-refractivity contribution >= 4 is 34.7 Å². The van der Waals surface area contributed by atoms with Gasteiger partial charge in [0.2, 0.25) is 5.91 Å². The predicted octanol–water partition coefficient (Wildman–Crippen LogP) is 5.21. The Morgan fingerprint density at radius 3 is 2.42 bits per heavy atom. The monoisotopic (exact) mass is 357 g/mol. The maximum atomic E-state index is 13.2. The van der Waals surface area contributed by atoms with Crippen LogP contribution in [0.25, 0.3) is 0 Å². The summed E-state index contributed by atoms with van der Waals surface area (Å²) in [6.45, 7) is 0.498. The molecule has 1 heterocycles. The van der Waals surface area contributed by atoms with Crippen LogP contribution in [0, 0.1) is 5.82 Å². The van der Waals surface area contributed by atoms with Crippen molar-refractivity contribution in [1.82, 2.24) is 0 Å². The SMILES string of the molecule is O=C(CSc1ccccc1)N(Cc1cccs1)c1ccc(F)cc1. The number of hydrogen-bond acceptors (Lipinski definition) is 3. The second kappa shape index (κ2) is 8.13. The number of amides is 1. The van der Waals surface area contributed by atoms with E-state index < -0.39 is 0 Å². The standard InChI is InChI=1S/C19H16FNOS2/c20-15-8-10-16(11-9-15)21(13-18-7-4-12-23-18)19(22)14-24-17-5-2-1-3-6-17/h1-12H,13-14H2. The smallest absolute Gasteiger partial charge is 0.237 e. The Morgan fingerprint density at radius 2 is 1.75 bits per heavy atom. The summed E-state index contributed by atoms with van der Waals surface area (Å²) >= 11 is 3.11. The van der Waals surface area contributed by atoms with Crippen LogP contribution < -0.4 is 4.90 Å². The number of halogens is 1. The van der Waals surface area contributed by atoms with E-state index in [2.05, 4.69) is 0 Å². The number of hydrogen-bond donors (Lipinski definition) is 0. The van der Waals surface area contributed by atoms with Gasteiger partial charge in [0, 0.05) is 15.5 Å². The number of rotatable bonds is 6. The zero-order chi connectivity index (χ0) is 16.8. The van der Waals surface area contributed by atoms with Gasteiger partial charge in [-0.2, -0.15) is 0 Å². The molecule has 2 aromatic carbocycles. The van der Waals surface area contributed by atoms with Gasteiger partial charge in [0.15, 0.2) is 0 Å². The molecule has 0 bridgehead atoms. The van der Waals surface area contributed by atoms with E-state index in [0.29, 0.717) is 18.0 Å². The van der Waals surface area contributed by atoms with Crippen molar-refractivity contribution in [3.63, 3.8) is 0 Å². The Bertz CT molecular complexity index is 773. The lowest BCUT2D eigenvalue weighted by atomic mass is 10.2. The maximum Gasteiger partial charge on any atom is 0.237 e. The van der Waals surface area contributed by atoms with Crippen molar-refractivity contribution in [1.29, 1.82) is 0 Å². The molecule has 0 fully saturated rings. The number of anilines is 1. The van der Waals surface area contributed by atoms with Crippen molar-refractivity contribution in [3.8, 4) is 0 Å². The van der Waals surface area contributed by atoms with E-state index >= 15 is 0 Å². The normalized spacial score (nSPS) is 10.5. The van der Waals surface area contributed by atoms with Crippen molar-refractivity contribution in [3.05, 3.63) is 82.8 Å². The molecule has 2 nitrogen and oxygen atoms in total. The molecule has 0 aliphatic carbocycles. The van der Waals surface area contributed by atoms with E-state index in [1.54, 1.807) is 28.4 Å². The molecular formula is C19H16FNOS2. The molecule has 0 saturated carbocycles. The summed E-state index contributed by atoms with van der Waals surface area (Å²) in [5.74, 6) is 0.0389. The van der Waals surface area contributed by atoms with Crippen LogP contribution >= 0.6 is 23.1 Å². The molecule has 0 N–H and O–H groups in total. The van der Waals surface area contributed by atoms with Crippen LogP contribution in [0.15, 0.2) is 77.0 Å². The van der Waals surface area contributed by atoms with E-state index in [1.807, 2.05) is 47.8 Å². The molecule has 3 aromatic rings. The molecule has 3 rings (SSSR count). The van der Waals surface area contributed by atoms with Crippen LogP contribution in [-0.4, -0.2) is 11.7 Å². The first-order valence-corrected chi connectivity index (χ1v) is 9.35. The van der Waals surface area contributed by atoms with E-state index in [4.69, 9.17) is 0 Å². The summed E-state index contributed by atoms with van der Waals surface area (Å²) in [4.78, 5) is 16.6. The first kappa shape index (κ1) is 16.7. The minimum atomic E-state index is -0.305. The average Bonchev–Trinajstić information content (AvgIpc) is 3.13. The third-order valence-corrected chi connectivity index (χ3v) is 5.30. The molecule has 0 radical (unpaired) electrons. The minimum absolute atomic E-state index is 0.00358. The Morgan fingerprint density at radius 1 is 1.00 bits per heavy atom. The quantitative estimate of drug-likeness (QED) is 0.564. The number of carbonyl (C=O) groups is 1. The Labute approximate surface area is 148 Å². The molecule has 1 amide bonds. The lowest BCUT2D eigenvalue weighted by molar-refractivity contribution is -0.116. The molecule has 0 spiro atoms. The summed E-state index contributed by atoms with van der Waals surface area (Å²) in [6, 6.07) is 19.9. The van der Waals surface area contributed by atoms with Crippen LogP contribution in [0.5, 0.6) is 0 Å². The number of thiophene rings is 1. The van der Waals surface area contributed by atoms with E-state index in [1.165, 1.54) is 23.9 Å². The van der Waals surface area contributed by atoms with Crippen molar-refractivity contribution in [2.45, 2.75) is 11.4 Å². The van der Waals surface area contributed by atoms with E-state index in [9.17, 15) is 9.18 Å². The molecule has 0 aliphatic heterocycles. The van der Waals surface area contributed by atoms with Gasteiger partial charge in [-0.25, -0.2) is 4.39 Å². The molecule has 0 unspecified atom stereocenters. The molecule has 0 saturated heterocycles. The van der Waals surface area contributed by atoms with Crippen LogP contribution in [0.3, 0.4) is 0 Å². The lowest BCUT2D eigenvalue weighted by Crippen LogP contribution is -2.31. The highest BCUT2D eigenvalue weighted by atomic mass is 32.2. The highest BCUT2D eigenvalue weighted by Gasteiger charge is 2.17. The van der Waals surface area contributed by atoms with Crippen molar-refractivity contribution < 1.29 is 9.18 Å². The summed E-state index contributed by atoms with van der Waals surface area (Å²) in [5, 5.41) is 1.99. The number of benzene rings is 2. The zero-order valence-electron chi connectivity index (χ0n) is 12.9. The first-order valence-electron chi connectivity index (χ1n) is 7.48. The van der Waals surface area contributed by atoms with Crippen LogP contribution in [-0.2, 0) is 11.3 Å².